The van der Waals surface area contributed by atoms with Gasteiger partial charge < -0.3 is 19.7 Å². The molecule has 0 spiro atoms. The maximum atomic E-state index is 13.5. The number of hydroxylamine groups is 2. The first-order valence-corrected chi connectivity index (χ1v) is 12.7. The minimum Gasteiger partial charge on any atom is -0.454 e. The lowest BCUT2D eigenvalue weighted by Crippen LogP contribution is -2.59. The molecule has 2 aliphatic heterocycles. The van der Waals surface area contributed by atoms with Gasteiger partial charge in [0.25, 0.3) is 0 Å². The van der Waals surface area contributed by atoms with Crippen molar-refractivity contribution < 1.29 is 29.1 Å². The first-order valence-electron chi connectivity index (χ1n) is 12.7. The van der Waals surface area contributed by atoms with Gasteiger partial charge in [-0.3, -0.25) is 24.5 Å². The number of hydrogen-bond donors (Lipinski definition) is 2. The Labute approximate surface area is 213 Å². The van der Waals surface area contributed by atoms with Crippen LogP contribution in [0.15, 0.2) is 18.2 Å². The van der Waals surface area contributed by atoms with Crippen LogP contribution in [0.1, 0.15) is 52.5 Å². The van der Waals surface area contributed by atoms with Gasteiger partial charge in [0.05, 0.1) is 12.5 Å². The molecular weight excluding hydrogens is 464 g/mol. The van der Waals surface area contributed by atoms with E-state index >= 15 is 0 Å². The van der Waals surface area contributed by atoms with E-state index < -0.39 is 17.4 Å². The fraction of sp³-hybridized carbons (Fsp3) is 0.654. The number of ether oxygens (including phenoxy) is 2. The molecule has 200 valence electrons. The van der Waals surface area contributed by atoms with Crippen LogP contribution >= 0.6 is 0 Å². The van der Waals surface area contributed by atoms with Crippen molar-refractivity contribution in [3.63, 3.8) is 0 Å². The third kappa shape index (κ3) is 7.33. The number of nitrogens with one attached hydrogen (secondary N) is 1. The van der Waals surface area contributed by atoms with Gasteiger partial charge in [-0.15, -0.1) is 0 Å². The molecule has 0 aromatic heterocycles. The Morgan fingerprint density at radius 3 is 2.50 bits per heavy atom. The molecule has 2 N–H and O–H groups in total. The van der Waals surface area contributed by atoms with E-state index in [0.29, 0.717) is 31.0 Å². The Bertz CT molecular complexity index is 910. The Hall–Kier alpha value is -2.85. The van der Waals surface area contributed by atoms with Gasteiger partial charge in [0.1, 0.15) is 6.04 Å². The highest BCUT2D eigenvalue weighted by atomic mass is 16.7. The zero-order valence-corrected chi connectivity index (χ0v) is 21.9. The summed E-state index contributed by atoms with van der Waals surface area (Å²) < 4.78 is 10.9. The summed E-state index contributed by atoms with van der Waals surface area (Å²) in [4.78, 5) is 41.7. The van der Waals surface area contributed by atoms with E-state index in [0.717, 1.165) is 49.5 Å². The van der Waals surface area contributed by atoms with Gasteiger partial charge in [-0.1, -0.05) is 46.6 Å². The van der Waals surface area contributed by atoms with Gasteiger partial charge in [0, 0.05) is 32.7 Å². The van der Waals surface area contributed by atoms with Gasteiger partial charge in [0.2, 0.25) is 25.0 Å². The van der Waals surface area contributed by atoms with Crippen molar-refractivity contribution in [3.8, 4) is 11.5 Å². The summed E-state index contributed by atoms with van der Waals surface area (Å²) >= 11 is 0. The van der Waals surface area contributed by atoms with Crippen molar-refractivity contribution in [2.24, 2.45) is 11.3 Å². The molecule has 10 nitrogen and oxygen atoms in total. The molecule has 1 saturated heterocycles. The van der Waals surface area contributed by atoms with Gasteiger partial charge in [-0.2, -0.15) is 0 Å². The predicted octanol–water partition coefficient (Wildman–Crippen LogP) is 2.24. The van der Waals surface area contributed by atoms with Crippen molar-refractivity contribution in [1.29, 1.82) is 0 Å². The Kier molecular flexibility index (Phi) is 9.56. The molecule has 10 heteroatoms. The molecule has 0 aliphatic carbocycles. The van der Waals surface area contributed by atoms with Crippen molar-refractivity contribution >= 4 is 18.2 Å². The van der Waals surface area contributed by atoms with Gasteiger partial charge in [-0.25, -0.2) is 5.06 Å². The molecule has 1 aromatic carbocycles. The van der Waals surface area contributed by atoms with Crippen molar-refractivity contribution in [3.05, 3.63) is 23.8 Å². The van der Waals surface area contributed by atoms with Crippen LogP contribution in [0.2, 0.25) is 0 Å². The summed E-state index contributed by atoms with van der Waals surface area (Å²) in [5, 5.41) is 13.1. The number of unbranched alkanes of at least 4 members (excludes halogenated alkanes) is 1. The number of carbonyl (C=O) groups excluding carboxylic acids is 3. The topological polar surface area (TPSA) is 112 Å². The van der Waals surface area contributed by atoms with Gasteiger partial charge >= 0.3 is 0 Å². The second kappa shape index (κ2) is 12.4. The first-order chi connectivity index (χ1) is 17.1. The smallest absolute Gasteiger partial charge is 0.245 e. The lowest BCUT2D eigenvalue weighted by Gasteiger charge is -2.40. The third-order valence-corrected chi connectivity index (χ3v) is 6.73. The molecule has 36 heavy (non-hydrogen) atoms. The minimum atomic E-state index is -0.710. The summed E-state index contributed by atoms with van der Waals surface area (Å²) in [6.07, 6.45) is 2.48. The molecule has 3 rings (SSSR count). The highest BCUT2D eigenvalue weighted by Gasteiger charge is 2.38. The molecule has 1 fully saturated rings. The van der Waals surface area contributed by atoms with Crippen LogP contribution in [-0.2, 0) is 20.9 Å². The SMILES string of the molecule is CCCC[C@@H](CN(O)C=O)C(=O)N[C@H](C(=O)N1CCN(Cc2ccc3c(c2)OCO3)CC1)C(C)(C)C. The maximum Gasteiger partial charge on any atom is 0.245 e. The molecule has 1 aromatic rings. The van der Waals surface area contributed by atoms with E-state index in [2.05, 4.69) is 10.2 Å². The van der Waals surface area contributed by atoms with Crippen LogP contribution in [0.5, 0.6) is 11.5 Å². The normalized spacial score (nSPS) is 17.4. The van der Waals surface area contributed by atoms with Crippen LogP contribution in [0.25, 0.3) is 0 Å². The van der Waals surface area contributed by atoms with Crippen LogP contribution in [0, 0.1) is 11.3 Å². The molecule has 0 bridgehead atoms. The minimum absolute atomic E-state index is 0.0983. The fourth-order valence-electron chi connectivity index (χ4n) is 4.54. The Morgan fingerprint density at radius 2 is 1.86 bits per heavy atom. The summed E-state index contributed by atoms with van der Waals surface area (Å²) in [5.41, 5.74) is 0.625. The quantitative estimate of drug-likeness (QED) is 0.270. The number of hydrogen-bond acceptors (Lipinski definition) is 7. The number of nitrogens with zero attached hydrogens (tertiary/aromatic N) is 3. The first kappa shape index (κ1) is 27.7. The maximum absolute atomic E-state index is 13.5. The second-order valence-electron chi connectivity index (χ2n) is 10.7. The molecular formula is C26H40N4O6. The number of rotatable bonds is 11. The molecule has 0 unspecified atom stereocenters. The number of carbonyl (C=O) groups is 3. The highest BCUT2D eigenvalue weighted by Crippen LogP contribution is 2.33. The summed E-state index contributed by atoms with van der Waals surface area (Å²) in [6.45, 7) is 11.3. The highest BCUT2D eigenvalue weighted by molar-refractivity contribution is 5.89. The van der Waals surface area contributed by atoms with Crippen LogP contribution in [0.3, 0.4) is 0 Å². The average Bonchev–Trinajstić information content (AvgIpc) is 3.32. The van der Waals surface area contributed by atoms with E-state index in [9.17, 15) is 19.6 Å². The number of benzene rings is 1. The van der Waals surface area contributed by atoms with Crippen molar-refractivity contribution in [2.75, 3.05) is 39.5 Å². The molecule has 2 atom stereocenters. The van der Waals surface area contributed by atoms with Crippen LogP contribution < -0.4 is 14.8 Å². The average molecular weight is 505 g/mol. The van der Waals surface area contributed by atoms with E-state index in [1.807, 2.05) is 50.8 Å². The molecule has 0 radical (unpaired) electrons. The lowest BCUT2D eigenvalue weighted by atomic mass is 9.85. The van der Waals surface area contributed by atoms with E-state index in [4.69, 9.17) is 9.47 Å². The largest absolute Gasteiger partial charge is 0.454 e. The van der Waals surface area contributed by atoms with Crippen molar-refractivity contribution in [1.82, 2.24) is 20.2 Å². The van der Waals surface area contributed by atoms with Crippen LogP contribution in [0.4, 0.5) is 0 Å². The predicted molar refractivity (Wildman–Crippen MR) is 133 cm³/mol. The summed E-state index contributed by atoms with van der Waals surface area (Å²) in [6, 6.07) is 5.24. The zero-order chi connectivity index (χ0) is 26.3. The monoisotopic (exact) mass is 504 g/mol. The molecule has 2 aliphatic rings. The van der Waals surface area contributed by atoms with Crippen molar-refractivity contribution in [2.45, 2.75) is 59.5 Å². The number of amides is 3. The lowest BCUT2D eigenvalue weighted by molar-refractivity contribution is -0.155. The second-order valence-corrected chi connectivity index (χ2v) is 10.7. The van der Waals surface area contributed by atoms with E-state index in [-0.39, 0.29) is 25.2 Å². The van der Waals surface area contributed by atoms with E-state index in [1.54, 1.807) is 0 Å². The number of piperazine rings is 1. The standard InChI is InChI=1S/C26H40N4O6/c1-5-6-7-20(16-30(34)17-31)24(32)27-23(26(2,3)4)25(33)29-12-10-28(11-13-29)15-19-8-9-21-22(14-19)36-18-35-21/h8-9,14,17,20,23,34H,5-7,10-13,15-16,18H2,1-4H3,(H,27,32)/t20-,23+/m0/s1. The summed E-state index contributed by atoms with van der Waals surface area (Å²) in [7, 11) is 0. The molecule has 3 amide bonds. The Balaban J connectivity index is 1.59. The van der Waals surface area contributed by atoms with Gasteiger partial charge in [0.15, 0.2) is 11.5 Å². The van der Waals surface area contributed by atoms with E-state index in [1.165, 1.54) is 0 Å². The fourth-order valence-corrected chi connectivity index (χ4v) is 4.54. The van der Waals surface area contributed by atoms with Crippen LogP contribution in [-0.4, -0.2) is 83.9 Å². The number of fused-ring (bicyclic) bond motifs is 1. The third-order valence-electron chi connectivity index (χ3n) is 6.73. The Morgan fingerprint density at radius 1 is 1.17 bits per heavy atom. The molecule has 0 saturated carbocycles. The summed E-state index contributed by atoms with van der Waals surface area (Å²) in [5.74, 6) is 0.512. The van der Waals surface area contributed by atoms with Gasteiger partial charge in [-0.05, 0) is 29.5 Å². The zero-order valence-electron chi connectivity index (χ0n) is 21.9. The molecule has 2 heterocycles.